The second kappa shape index (κ2) is 21.0. The number of hydrogen-bond acceptors (Lipinski definition) is 9. The standard InChI is InChI=1S/C44H56N4O9/c1-6-44(5,47-37(49)34(46-42(54)57-43(2,3)4)25-16-17-28-55-39(51)33-23-14-9-15-24-33)41(53)45-35(29-31-19-10-7-11-20-31)38(50)48-27-18-26-36(48)40(52)56-30-32-21-12-8-13-22-32/h7-15,19-24,34-36H,6,16-18,25-30H2,1-5H3,(H,45,53)(H,46,54)(H,47,49)/t34-,35?,36+,44+/m0/s1. The third-order valence-electron chi connectivity index (χ3n) is 9.66. The second-order valence-corrected chi connectivity index (χ2v) is 15.4. The molecule has 1 fully saturated rings. The summed E-state index contributed by atoms with van der Waals surface area (Å²) in [4.78, 5) is 82.3. The number of amides is 4. The normalized spacial score (nSPS) is 15.9. The van der Waals surface area contributed by atoms with E-state index in [4.69, 9.17) is 14.2 Å². The fraction of sp³-hybridized carbons (Fsp3) is 0.455. The highest BCUT2D eigenvalue weighted by Gasteiger charge is 2.42. The molecule has 4 rings (SSSR count). The van der Waals surface area contributed by atoms with Crippen molar-refractivity contribution in [3.8, 4) is 0 Å². The number of hydrogen-bond donors (Lipinski definition) is 3. The molecule has 3 aromatic rings. The Morgan fingerprint density at radius 1 is 0.772 bits per heavy atom. The molecule has 1 unspecified atom stereocenters. The van der Waals surface area contributed by atoms with Crippen LogP contribution >= 0.6 is 0 Å². The van der Waals surface area contributed by atoms with Crippen molar-refractivity contribution in [3.05, 3.63) is 108 Å². The van der Waals surface area contributed by atoms with Crippen molar-refractivity contribution >= 4 is 35.8 Å². The number of nitrogens with zero attached hydrogens (tertiary/aromatic N) is 1. The smallest absolute Gasteiger partial charge is 0.408 e. The fourth-order valence-corrected chi connectivity index (χ4v) is 6.32. The third kappa shape index (κ3) is 13.8. The van der Waals surface area contributed by atoms with Crippen LogP contribution in [0.15, 0.2) is 91.0 Å². The molecule has 306 valence electrons. The van der Waals surface area contributed by atoms with Crippen molar-refractivity contribution in [1.82, 2.24) is 20.9 Å². The van der Waals surface area contributed by atoms with E-state index in [2.05, 4.69) is 16.0 Å². The Balaban J connectivity index is 1.45. The van der Waals surface area contributed by atoms with Gasteiger partial charge >= 0.3 is 18.0 Å². The Bertz CT molecular complexity index is 1800. The lowest BCUT2D eigenvalue weighted by molar-refractivity contribution is -0.155. The van der Waals surface area contributed by atoms with E-state index in [0.717, 1.165) is 11.1 Å². The Morgan fingerprint density at radius 2 is 1.39 bits per heavy atom. The molecule has 4 amide bonds. The van der Waals surface area contributed by atoms with Gasteiger partial charge in [-0.2, -0.15) is 0 Å². The van der Waals surface area contributed by atoms with Gasteiger partial charge in [0.15, 0.2) is 0 Å². The molecule has 13 heteroatoms. The predicted molar refractivity (Wildman–Crippen MR) is 214 cm³/mol. The van der Waals surface area contributed by atoms with E-state index in [9.17, 15) is 28.8 Å². The largest absolute Gasteiger partial charge is 0.462 e. The highest BCUT2D eigenvalue weighted by atomic mass is 16.6. The van der Waals surface area contributed by atoms with Crippen molar-refractivity contribution in [2.24, 2.45) is 0 Å². The van der Waals surface area contributed by atoms with Crippen LogP contribution in [0, 0.1) is 0 Å². The first-order chi connectivity index (χ1) is 27.2. The monoisotopic (exact) mass is 784 g/mol. The van der Waals surface area contributed by atoms with Gasteiger partial charge in [-0.3, -0.25) is 14.4 Å². The lowest BCUT2D eigenvalue weighted by Crippen LogP contribution is -2.63. The number of benzene rings is 3. The first-order valence-corrected chi connectivity index (χ1v) is 19.6. The molecule has 1 aliphatic heterocycles. The summed E-state index contributed by atoms with van der Waals surface area (Å²) < 4.78 is 16.4. The second-order valence-electron chi connectivity index (χ2n) is 15.4. The Morgan fingerprint density at radius 3 is 2.00 bits per heavy atom. The van der Waals surface area contributed by atoms with Gasteiger partial charge in [0.05, 0.1) is 12.2 Å². The van der Waals surface area contributed by atoms with E-state index in [0.29, 0.717) is 37.8 Å². The summed E-state index contributed by atoms with van der Waals surface area (Å²) in [5.74, 6) is -2.66. The van der Waals surface area contributed by atoms with Crippen LogP contribution in [0.1, 0.15) is 94.6 Å². The summed E-state index contributed by atoms with van der Waals surface area (Å²) in [6.45, 7) is 8.87. The minimum atomic E-state index is -1.51. The highest BCUT2D eigenvalue weighted by Crippen LogP contribution is 2.22. The maximum absolute atomic E-state index is 14.3. The zero-order valence-electron chi connectivity index (χ0n) is 33.6. The molecule has 1 saturated heterocycles. The van der Waals surface area contributed by atoms with Crippen molar-refractivity contribution in [2.75, 3.05) is 13.2 Å². The average molecular weight is 785 g/mol. The summed E-state index contributed by atoms with van der Waals surface area (Å²) in [5, 5.41) is 8.35. The molecule has 0 saturated carbocycles. The molecule has 4 atom stereocenters. The van der Waals surface area contributed by atoms with Gasteiger partial charge in [-0.15, -0.1) is 0 Å². The van der Waals surface area contributed by atoms with Crippen LogP contribution in [0.25, 0.3) is 0 Å². The first kappa shape index (κ1) is 44.0. The number of nitrogens with one attached hydrogen (secondary N) is 3. The van der Waals surface area contributed by atoms with Gasteiger partial charge in [0.2, 0.25) is 17.7 Å². The minimum absolute atomic E-state index is 0.0719. The van der Waals surface area contributed by atoms with Gasteiger partial charge in [-0.1, -0.05) is 85.8 Å². The molecule has 3 aromatic carbocycles. The summed E-state index contributed by atoms with van der Waals surface area (Å²) in [7, 11) is 0. The van der Waals surface area contributed by atoms with Gasteiger partial charge < -0.3 is 35.1 Å². The Kier molecular flexibility index (Phi) is 16.2. The number of carbonyl (C=O) groups is 6. The number of esters is 2. The van der Waals surface area contributed by atoms with Gasteiger partial charge in [-0.25, -0.2) is 14.4 Å². The van der Waals surface area contributed by atoms with Gasteiger partial charge in [0, 0.05) is 13.0 Å². The van der Waals surface area contributed by atoms with E-state index in [1.807, 2.05) is 60.7 Å². The number of unbranched alkanes of at least 4 members (excludes halogenated alkanes) is 1. The molecular formula is C44H56N4O9. The number of likely N-dealkylation sites (tertiary alicyclic amines) is 1. The zero-order chi connectivity index (χ0) is 41.4. The molecule has 0 spiro atoms. The van der Waals surface area contributed by atoms with Crippen LogP contribution in [-0.2, 0) is 46.4 Å². The molecule has 0 aromatic heterocycles. The topological polar surface area (TPSA) is 169 Å². The van der Waals surface area contributed by atoms with Crippen LogP contribution in [0.4, 0.5) is 4.79 Å². The molecular weight excluding hydrogens is 729 g/mol. The van der Waals surface area contributed by atoms with Crippen LogP contribution in [0.5, 0.6) is 0 Å². The molecule has 1 aliphatic rings. The lowest BCUT2D eigenvalue weighted by Gasteiger charge is -2.34. The number of alkyl carbamates (subject to hydrolysis) is 1. The molecule has 0 radical (unpaired) electrons. The van der Waals surface area contributed by atoms with Crippen molar-refractivity contribution in [3.63, 3.8) is 0 Å². The number of rotatable bonds is 18. The summed E-state index contributed by atoms with van der Waals surface area (Å²) in [5.41, 5.74) is -0.305. The molecule has 3 N–H and O–H groups in total. The molecule has 13 nitrogen and oxygen atoms in total. The summed E-state index contributed by atoms with van der Waals surface area (Å²) in [6.07, 6.45) is 1.44. The van der Waals surface area contributed by atoms with Gasteiger partial charge in [0.1, 0.15) is 35.9 Å². The Labute approximate surface area is 335 Å². The zero-order valence-corrected chi connectivity index (χ0v) is 33.6. The summed E-state index contributed by atoms with van der Waals surface area (Å²) in [6, 6.07) is 24.1. The number of carbonyl (C=O) groups excluding carboxylic acids is 6. The van der Waals surface area contributed by atoms with E-state index >= 15 is 0 Å². The highest BCUT2D eigenvalue weighted by molar-refractivity contribution is 5.97. The van der Waals surface area contributed by atoms with Crippen molar-refractivity contribution < 1.29 is 43.0 Å². The molecule has 0 bridgehead atoms. The first-order valence-electron chi connectivity index (χ1n) is 19.6. The maximum atomic E-state index is 14.3. The summed E-state index contributed by atoms with van der Waals surface area (Å²) >= 11 is 0. The van der Waals surface area contributed by atoms with Crippen LogP contribution in [0.2, 0.25) is 0 Å². The minimum Gasteiger partial charge on any atom is -0.462 e. The van der Waals surface area contributed by atoms with E-state index in [1.165, 1.54) is 4.90 Å². The Hall–Kier alpha value is -5.72. The average Bonchev–Trinajstić information content (AvgIpc) is 3.69. The van der Waals surface area contributed by atoms with Gasteiger partial charge in [-0.05, 0) is 89.5 Å². The quantitative estimate of drug-likeness (QED) is 0.0838. The third-order valence-corrected chi connectivity index (χ3v) is 9.66. The molecule has 0 aliphatic carbocycles. The SMILES string of the molecule is CC[C@@](C)(NC(=O)[C@H](CCCCOC(=O)c1ccccc1)NC(=O)OC(C)(C)C)C(=O)NC(Cc1ccccc1)C(=O)N1CCC[C@@H]1C(=O)OCc1ccccc1. The van der Waals surface area contributed by atoms with Crippen LogP contribution in [-0.4, -0.2) is 83.1 Å². The van der Waals surface area contributed by atoms with Gasteiger partial charge in [0.25, 0.3) is 0 Å². The molecule has 57 heavy (non-hydrogen) atoms. The van der Waals surface area contributed by atoms with E-state index in [-0.39, 0.29) is 32.5 Å². The maximum Gasteiger partial charge on any atom is 0.408 e. The molecule has 1 heterocycles. The van der Waals surface area contributed by atoms with Crippen LogP contribution < -0.4 is 16.0 Å². The van der Waals surface area contributed by atoms with E-state index in [1.54, 1.807) is 65.0 Å². The van der Waals surface area contributed by atoms with Crippen molar-refractivity contribution in [1.29, 1.82) is 0 Å². The fourth-order valence-electron chi connectivity index (χ4n) is 6.32. The lowest BCUT2D eigenvalue weighted by atomic mass is 9.94. The number of ether oxygens (including phenoxy) is 3. The predicted octanol–water partition coefficient (Wildman–Crippen LogP) is 5.65. The van der Waals surface area contributed by atoms with Crippen molar-refractivity contribution in [2.45, 2.75) is 115 Å². The van der Waals surface area contributed by atoms with E-state index < -0.39 is 65.0 Å². The van der Waals surface area contributed by atoms with Crippen LogP contribution in [0.3, 0.4) is 0 Å².